The maximum Gasteiger partial charge on any atom is 0.239 e. The van der Waals surface area contributed by atoms with Crippen LogP contribution in [0, 0.1) is 0 Å². The van der Waals surface area contributed by atoms with Crippen molar-refractivity contribution in [2.45, 2.75) is 38.3 Å². The zero-order valence-electron chi connectivity index (χ0n) is 14.6. The standard InChI is InChI=1S/C18H28ClN3O2/c1-3-7-18(2,20)17(23)21-13-16(22-8-10-24-11-9-22)14-5-4-6-15(19)12-14/h4-6,12,16H,3,7-11,13,20H2,1-2H3,(H,21,23). The number of nitrogens with two attached hydrogens (primary N) is 1. The van der Waals surface area contributed by atoms with Crippen LogP contribution in [0.15, 0.2) is 24.3 Å². The maximum atomic E-state index is 12.4. The highest BCUT2D eigenvalue weighted by Crippen LogP contribution is 2.24. The number of nitrogens with one attached hydrogen (secondary N) is 1. The Hall–Kier alpha value is -1.14. The van der Waals surface area contributed by atoms with Gasteiger partial charge in [0.05, 0.1) is 24.8 Å². The summed E-state index contributed by atoms with van der Waals surface area (Å²) >= 11 is 6.15. The second-order valence-electron chi connectivity index (χ2n) is 6.60. The number of halogens is 1. The van der Waals surface area contributed by atoms with Crippen molar-refractivity contribution in [3.8, 4) is 0 Å². The van der Waals surface area contributed by atoms with Crippen LogP contribution in [0.3, 0.4) is 0 Å². The molecule has 0 radical (unpaired) electrons. The number of rotatable bonds is 7. The van der Waals surface area contributed by atoms with Crippen LogP contribution < -0.4 is 11.1 Å². The Morgan fingerprint density at radius 2 is 2.17 bits per heavy atom. The first-order valence-electron chi connectivity index (χ1n) is 8.58. The molecule has 1 aliphatic heterocycles. The van der Waals surface area contributed by atoms with Crippen LogP contribution in [-0.4, -0.2) is 49.2 Å². The summed E-state index contributed by atoms with van der Waals surface area (Å²) in [7, 11) is 0. The van der Waals surface area contributed by atoms with Crippen molar-refractivity contribution in [3.63, 3.8) is 0 Å². The number of hydrogen-bond donors (Lipinski definition) is 2. The number of nitrogens with zero attached hydrogens (tertiary/aromatic N) is 1. The van der Waals surface area contributed by atoms with Crippen molar-refractivity contribution >= 4 is 17.5 Å². The minimum absolute atomic E-state index is 0.0639. The van der Waals surface area contributed by atoms with E-state index in [1.807, 2.05) is 31.2 Å². The van der Waals surface area contributed by atoms with Crippen LogP contribution in [0.4, 0.5) is 0 Å². The number of morpholine rings is 1. The van der Waals surface area contributed by atoms with E-state index >= 15 is 0 Å². The smallest absolute Gasteiger partial charge is 0.239 e. The summed E-state index contributed by atoms with van der Waals surface area (Å²) in [6.07, 6.45) is 1.54. The molecule has 1 aromatic rings. The lowest BCUT2D eigenvalue weighted by Crippen LogP contribution is -2.53. The molecule has 1 amide bonds. The van der Waals surface area contributed by atoms with Crippen molar-refractivity contribution in [2.24, 2.45) is 5.73 Å². The molecule has 0 bridgehead atoms. The van der Waals surface area contributed by atoms with Crippen molar-refractivity contribution in [3.05, 3.63) is 34.9 Å². The Morgan fingerprint density at radius 3 is 2.79 bits per heavy atom. The average molecular weight is 354 g/mol. The molecule has 2 rings (SSSR count). The highest BCUT2D eigenvalue weighted by molar-refractivity contribution is 6.30. The third kappa shape index (κ3) is 5.18. The lowest BCUT2D eigenvalue weighted by molar-refractivity contribution is -0.126. The zero-order chi connectivity index (χ0) is 17.6. The van der Waals surface area contributed by atoms with Crippen molar-refractivity contribution in [1.82, 2.24) is 10.2 Å². The molecule has 134 valence electrons. The fraction of sp³-hybridized carbons (Fsp3) is 0.611. The molecule has 3 N–H and O–H groups in total. The third-order valence-electron chi connectivity index (χ3n) is 4.46. The minimum Gasteiger partial charge on any atom is -0.379 e. The summed E-state index contributed by atoms with van der Waals surface area (Å²) in [5, 5.41) is 3.73. The molecule has 0 aromatic heterocycles. The van der Waals surface area contributed by atoms with Gasteiger partial charge in [0.25, 0.3) is 0 Å². The van der Waals surface area contributed by atoms with E-state index in [9.17, 15) is 4.79 Å². The summed E-state index contributed by atoms with van der Waals surface area (Å²) in [4.78, 5) is 14.8. The predicted octanol–water partition coefficient (Wildman–Crippen LogP) is 2.35. The zero-order valence-corrected chi connectivity index (χ0v) is 15.3. The molecule has 0 saturated carbocycles. The number of ether oxygens (including phenoxy) is 1. The predicted molar refractivity (Wildman–Crippen MR) is 97.1 cm³/mol. The van der Waals surface area contributed by atoms with Crippen LogP contribution in [0.5, 0.6) is 0 Å². The van der Waals surface area contributed by atoms with E-state index in [1.54, 1.807) is 6.92 Å². The van der Waals surface area contributed by atoms with Gasteiger partial charge < -0.3 is 15.8 Å². The molecule has 1 aliphatic rings. The first-order chi connectivity index (χ1) is 11.4. The summed E-state index contributed by atoms with van der Waals surface area (Å²) < 4.78 is 5.45. The van der Waals surface area contributed by atoms with Gasteiger partial charge in [0.15, 0.2) is 0 Å². The lowest BCUT2D eigenvalue weighted by Gasteiger charge is -2.35. The Bertz CT molecular complexity index is 545. The topological polar surface area (TPSA) is 67.6 Å². The van der Waals surface area contributed by atoms with E-state index < -0.39 is 5.54 Å². The van der Waals surface area contributed by atoms with Gasteiger partial charge in [-0.15, -0.1) is 0 Å². The van der Waals surface area contributed by atoms with Crippen molar-refractivity contribution < 1.29 is 9.53 Å². The Balaban J connectivity index is 2.10. The quantitative estimate of drug-likeness (QED) is 0.789. The average Bonchev–Trinajstić information content (AvgIpc) is 2.56. The summed E-state index contributed by atoms with van der Waals surface area (Å²) in [5.41, 5.74) is 6.39. The highest BCUT2D eigenvalue weighted by atomic mass is 35.5. The van der Waals surface area contributed by atoms with Crippen LogP contribution in [0.25, 0.3) is 0 Å². The Labute approximate surface area is 149 Å². The van der Waals surface area contributed by atoms with Gasteiger partial charge in [-0.2, -0.15) is 0 Å². The number of carbonyl (C=O) groups excluding carboxylic acids is 1. The van der Waals surface area contributed by atoms with Gasteiger partial charge in [-0.1, -0.05) is 37.1 Å². The molecule has 2 atom stereocenters. The number of amides is 1. The van der Waals surface area contributed by atoms with Gasteiger partial charge in [0, 0.05) is 24.7 Å². The van der Waals surface area contributed by atoms with Gasteiger partial charge >= 0.3 is 0 Å². The van der Waals surface area contributed by atoms with Gasteiger partial charge in [-0.25, -0.2) is 0 Å². The number of carbonyl (C=O) groups is 1. The van der Waals surface area contributed by atoms with Crippen LogP contribution >= 0.6 is 11.6 Å². The minimum atomic E-state index is -0.835. The van der Waals surface area contributed by atoms with E-state index in [2.05, 4.69) is 10.2 Å². The van der Waals surface area contributed by atoms with Crippen molar-refractivity contribution in [1.29, 1.82) is 0 Å². The van der Waals surface area contributed by atoms with Gasteiger partial charge in [0.2, 0.25) is 5.91 Å². The molecular formula is C18H28ClN3O2. The van der Waals surface area contributed by atoms with E-state index in [4.69, 9.17) is 22.1 Å². The molecule has 24 heavy (non-hydrogen) atoms. The van der Waals surface area contributed by atoms with Gasteiger partial charge in [0.1, 0.15) is 0 Å². The molecule has 0 spiro atoms. The normalized spacial score (nSPS) is 19.5. The molecule has 1 saturated heterocycles. The SMILES string of the molecule is CCCC(C)(N)C(=O)NCC(c1cccc(Cl)c1)N1CCOCC1. The van der Waals surface area contributed by atoms with Crippen LogP contribution in [0.1, 0.15) is 38.3 Å². The summed E-state index contributed by atoms with van der Waals surface area (Å²) in [6.45, 7) is 7.40. The van der Waals surface area contributed by atoms with Crippen molar-refractivity contribution in [2.75, 3.05) is 32.8 Å². The Kier molecular flexibility index (Phi) is 7.04. The monoisotopic (exact) mass is 353 g/mol. The molecule has 1 heterocycles. The molecule has 1 aromatic carbocycles. The summed E-state index contributed by atoms with van der Waals surface area (Å²) in [6, 6.07) is 7.87. The fourth-order valence-corrected chi connectivity index (χ4v) is 3.28. The molecular weight excluding hydrogens is 326 g/mol. The van der Waals surface area contributed by atoms with E-state index in [1.165, 1.54) is 0 Å². The Morgan fingerprint density at radius 1 is 1.46 bits per heavy atom. The largest absolute Gasteiger partial charge is 0.379 e. The number of benzene rings is 1. The lowest BCUT2D eigenvalue weighted by atomic mass is 9.96. The number of hydrogen-bond acceptors (Lipinski definition) is 4. The van der Waals surface area contributed by atoms with E-state index in [0.29, 0.717) is 31.2 Å². The second-order valence-corrected chi connectivity index (χ2v) is 7.03. The first kappa shape index (κ1) is 19.2. The maximum absolute atomic E-state index is 12.4. The molecule has 6 heteroatoms. The highest BCUT2D eigenvalue weighted by Gasteiger charge is 2.29. The van der Waals surface area contributed by atoms with Gasteiger partial charge in [-0.05, 0) is 31.0 Å². The molecule has 2 unspecified atom stereocenters. The first-order valence-corrected chi connectivity index (χ1v) is 8.96. The molecule has 0 aliphatic carbocycles. The second kappa shape index (κ2) is 8.81. The van der Waals surface area contributed by atoms with Gasteiger partial charge in [-0.3, -0.25) is 9.69 Å². The third-order valence-corrected chi connectivity index (χ3v) is 4.70. The molecule has 5 nitrogen and oxygen atoms in total. The van der Waals surface area contributed by atoms with E-state index in [-0.39, 0.29) is 11.9 Å². The van der Waals surface area contributed by atoms with Crippen LogP contribution in [0.2, 0.25) is 5.02 Å². The van der Waals surface area contributed by atoms with E-state index in [0.717, 1.165) is 25.1 Å². The molecule has 1 fully saturated rings. The van der Waals surface area contributed by atoms with Crippen LogP contribution in [-0.2, 0) is 9.53 Å². The fourth-order valence-electron chi connectivity index (χ4n) is 3.08. The summed E-state index contributed by atoms with van der Waals surface area (Å²) in [5.74, 6) is -0.107.